The standard InChI is InChI=1S/C18H25ClO2/c1-12(2)15-7-5-13(3)9-16(15)17-10-14(19)6-8-18(17)21-11-20-4/h6,8-10,12-13,15H,5,7,11H2,1-4H3/t13-,15+/m0/s1. The van der Waals surface area contributed by atoms with Gasteiger partial charge in [0.15, 0.2) is 6.79 Å². The summed E-state index contributed by atoms with van der Waals surface area (Å²) in [7, 11) is 1.63. The maximum Gasteiger partial charge on any atom is 0.188 e. The van der Waals surface area contributed by atoms with E-state index in [0.29, 0.717) is 17.8 Å². The van der Waals surface area contributed by atoms with Gasteiger partial charge < -0.3 is 9.47 Å². The fraction of sp³-hybridized carbons (Fsp3) is 0.556. The van der Waals surface area contributed by atoms with E-state index in [4.69, 9.17) is 21.1 Å². The fourth-order valence-electron chi connectivity index (χ4n) is 3.07. The summed E-state index contributed by atoms with van der Waals surface area (Å²) in [5.41, 5.74) is 2.49. The number of allylic oxidation sites excluding steroid dienone is 2. The molecule has 0 saturated carbocycles. The van der Waals surface area contributed by atoms with Crippen molar-refractivity contribution in [1.29, 1.82) is 0 Å². The summed E-state index contributed by atoms with van der Waals surface area (Å²) in [4.78, 5) is 0. The number of hydrogen-bond donors (Lipinski definition) is 0. The molecule has 0 heterocycles. The molecule has 2 atom stereocenters. The maximum absolute atomic E-state index is 6.22. The summed E-state index contributed by atoms with van der Waals surface area (Å²) < 4.78 is 10.8. The Bertz CT molecular complexity index is 508. The van der Waals surface area contributed by atoms with Gasteiger partial charge in [-0.1, -0.05) is 38.4 Å². The van der Waals surface area contributed by atoms with E-state index >= 15 is 0 Å². The van der Waals surface area contributed by atoms with Crippen molar-refractivity contribution in [2.75, 3.05) is 13.9 Å². The highest BCUT2D eigenvalue weighted by molar-refractivity contribution is 6.30. The molecule has 0 bridgehead atoms. The SMILES string of the molecule is COCOc1ccc(Cl)cc1C1=C[C@@H](C)CC[C@@H]1C(C)C. The lowest BCUT2D eigenvalue weighted by Crippen LogP contribution is -2.18. The second-order valence-electron chi connectivity index (χ2n) is 6.22. The first-order valence-electron chi connectivity index (χ1n) is 7.66. The smallest absolute Gasteiger partial charge is 0.188 e. The third-order valence-electron chi connectivity index (χ3n) is 4.19. The van der Waals surface area contributed by atoms with Gasteiger partial charge in [-0.2, -0.15) is 0 Å². The van der Waals surface area contributed by atoms with Crippen LogP contribution in [0, 0.1) is 17.8 Å². The van der Waals surface area contributed by atoms with E-state index < -0.39 is 0 Å². The lowest BCUT2D eigenvalue weighted by molar-refractivity contribution is 0.0508. The predicted molar refractivity (Wildman–Crippen MR) is 88.7 cm³/mol. The molecule has 0 aromatic heterocycles. The van der Waals surface area contributed by atoms with Crippen LogP contribution in [0.25, 0.3) is 5.57 Å². The van der Waals surface area contributed by atoms with E-state index in [2.05, 4.69) is 26.8 Å². The Morgan fingerprint density at radius 2 is 2.05 bits per heavy atom. The second-order valence-corrected chi connectivity index (χ2v) is 6.65. The largest absolute Gasteiger partial charge is 0.467 e. The van der Waals surface area contributed by atoms with Crippen LogP contribution in [0.1, 0.15) is 39.2 Å². The molecule has 0 fully saturated rings. The zero-order valence-corrected chi connectivity index (χ0v) is 14.1. The second kappa shape index (κ2) is 7.33. The predicted octanol–water partition coefficient (Wildman–Crippen LogP) is 5.41. The van der Waals surface area contributed by atoms with Crippen LogP contribution < -0.4 is 4.74 Å². The Balaban J connectivity index is 2.43. The Labute approximate surface area is 133 Å². The van der Waals surface area contributed by atoms with Gasteiger partial charge >= 0.3 is 0 Å². The molecule has 0 spiro atoms. The first kappa shape index (κ1) is 16.4. The minimum absolute atomic E-state index is 0.254. The van der Waals surface area contributed by atoms with E-state index in [1.165, 1.54) is 18.4 Å². The topological polar surface area (TPSA) is 18.5 Å². The molecule has 1 aliphatic carbocycles. The Morgan fingerprint density at radius 3 is 2.71 bits per heavy atom. The number of hydrogen-bond acceptors (Lipinski definition) is 2. The van der Waals surface area contributed by atoms with Gasteiger partial charge in [-0.3, -0.25) is 0 Å². The molecule has 3 heteroatoms. The Hall–Kier alpha value is -0.990. The van der Waals surface area contributed by atoms with Gasteiger partial charge in [-0.05, 0) is 54.4 Å². The molecule has 0 amide bonds. The van der Waals surface area contributed by atoms with E-state index in [0.717, 1.165) is 16.3 Å². The molecule has 0 N–H and O–H groups in total. The summed E-state index contributed by atoms with van der Waals surface area (Å²) in [6.45, 7) is 7.10. The quantitative estimate of drug-likeness (QED) is 0.677. The number of halogens is 1. The van der Waals surface area contributed by atoms with Crippen molar-refractivity contribution in [3.8, 4) is 5.75 Å². The molecule has 0 radical (unpaired) electrons. The van der Waals surface area contributed by atoms with Gasteiger partial charge in [-0.25, -0.2) is 0 Å². The molecule has 2 nitrogen and oxygen atoms in total. The average molecular weight is 309 g/mol. The summed E-state index contributed by atoms with van der Waals surface area (Å²) >= 11 is 6.22. The number of benzene rings is 1. The number of ether oxygens (including phenoxy) is 2. The molecule has 0 unspecified atom stereocenters. The van der Waals surface area contributed by atoms with Crippen molar-refractivity contribution in [2.24, 2.45) is 17.8 Å². The van der Waals surface area contributed by atoms with Crippen LogP contribution in [-0.4, -0.2) is 13.9 Å². The van der Waals surface area contributed by atoms with Gasteiger partial charge in [-0.15, -0.1) is 0 Å². The van der Waals surface area contributed by atoms with Crippen molar-refractivity contribution in [3.63, 3.8) is 0 Å². The highest BCUT2D eigenvalue weighted by Gasteiger charge is 2.26. The van der Waals surface area contributed by atoms with E-state index in [-0.39, 0.29) is 6.79 Å². The van der Waals surface area contributed by atoms with Gasteiger partial charge in [0.1, 0.15) is 5.75 Å². The van der Waals surface area contributed by atoms with Crippen molar-refractivity contribution >= 4 is 17.2 Å². The lowest BCUT2D eigenvalue weighted by atomic mass is 9.74. The van der Waals surface area contributed by atoms with Crippen molar-refractivity contribution in [2.45, 2.75) is 33.6 Å². The Morgan fingerprint density at radius 1 is 1.29 bits per heavy atom. The fourth-order valence-corrected chi connectivity index (χ4v) is 3.24. The highest BCUT2D eigenvalue weighted by Crippen LogP contribution is 2.42. The molecular weight excluding hydrogens is 284 g/mol. The maximum atomic E-state index is 6.22. The van der Waals surface area contributed by atoms with E-state index in [9.17, 15) is 0 Å². The van der Waals surface area contributed by atoms with Crippen LogP contribution >= 0.6 is 11.6 Å². The minimum Gasteiger partial charge on any atom is -0.467 e. The normalized spacial score (nSPS) is 22.3. The molecule has 2 rings (SSSR count). The summed E-state index contributed by atoms with van der Waals surface area (Å²) in [5, 5.41) is 0.747. The summed E-state index contributed by atoms with van der Waals surface area (Å²) in [5.74, 6) is 2.62. The van der Waals surface area contributed by atoms with Crippen LogP contribution in [-0.2, 0) is 4.74 Å². The van der Waals surface area contributed by atoms with Crippen LogP contribution in [0.5, 0.6) is 5.75 Å². The average Bonchev–Trinajstić information content (AvgIpc) is 2.45. The molecule has 1 aromatic rings. The van der Waals surface area contributed by atoms with Crippen LogP contribution in [0.2, 0.25) is 5.02 Å². The lowest BCUT2D eigenvalue weighted by Gasteiger charge is -2.31. The van der Waals surface area contributed by atoms with Crippen LogP contribution in [0.15, 0.2) is 24.3 Å². The first-order valence-corrected chi connectivity index (χ1v) is 8.04. The summed E-state index contributed by atoms with van der Waals surface area (Å²) in [6, 6.07) is 5.83. The molecular formula is C18H25ClO2. The van der Waals surface area contributed by atoms with Crippen molar-refractivity contribution in [1.82, 2.24) is 0 Å². The van der Waals surface area contributed by atoms with Gasteiger partial charge in [0.25, 0.3) is 0 Å². The third kappa shape index (κ3) is 4.02. The van der Waals surface area contributed by atoms with Crippen LogP contribution in [0.3, 0.4) is 0 Å². The number of methoxy groups -OCH3 is 1. The zero-order valence-electron chi connectivity index (χ0n) is 13.4. The van der Waals surface area contributed by atoms with E-state index in [1.54, 1.807) is 7.11 Å². The first-order chi connectivity index (χ1) is 10.0. The summed E-state index contributed by atoms with van der Waals surface area (Å²) in [6.07, 6.45) is 4.86. The van der Waals surface area contributed by atoms with Gasteiger partial charge in [0.05, 0.1) is 0 Å². The third-order valence-corrected chi connectivity index (χ3v) is 4.42. The highest BCUT2D eigenvalue weighted by atomic mass is 35.5. The van der Waals surface area contributed by atoms with Crippen molar-refractivity contribution in [3.05, 3.63) is 34.9 Å². The van der Waals surface area contributed by atoms with Gasteiger partial charge in [0, 0.05) is 17.7 Å². The monoisotopic (exact) mass is 308 g/mol. The molecule has 116 valence electrons. The molecule has 1 aromatic carbocycles. The molecule has 0 saturated heterocycles. The number of rotatable bonds is 5. The zero-order chi connectivity index (χ0) is 15.4. The van der Waals surface area contributed by atoms with Crippen LogP contribution in [0.4, 0.5) is 0 Å². The molecule has 1 aliphatic rings. The molecule has 0 aliphatic heterocycles. The minimum atomic E-state index is 0.254. The Kier molecular flexibility index (Phi) is 5.72. The van der Waals surface area contributed by atoms with E-state index in [1.807, 2.05) is 18.2 Å². The molecule has 21 heavy (non-hydrogen) atoms. The van der Waals surface area contributed by atoms with Gasteiger partial charge in [0.2, 0.25) is 0 Å². The van der Waals surface area contributed by atoms with Crippen molar-refractivity contribution < 1.29 is 9.47 Å².